The Morgan fingerprint density at radius 1 is 0.897 bits per heavy atom. The molecule has 0 radical (unpaired) electrons. The number of nitrogens with zero attached hydrogens (tertiary/aromatic N) is 4. The minimum Gasteiger partial charge on any atom is -0.342 e. The molecular formula is C32H28BrClN4O. The molecule has 0 atom stereocenters. The fourth-order valence-corrected chi connectivity index (χ4v) is 6.20. The zero-order valence-corrected chi connectivity index (χ0v) is 24.1. The normalized spacial score (nSPS) is 15.0. The summed E-state index contributed by atoms with van der Waals surface area (Å²) in [6.45, 7) is 3.43. The SMILES string of the molecule is Cc1ccnc(-c2cc(CC(=O)N3CCC(=C4c5ccc(Cl)cc5CCc5cc(Br)cnc54)CC3)ccn2)c1. The number of piperidine rings is 1. The van der Waals surface area contributed by atoms with Crippen LogP contribution in [0.5, 0.6) is 0 Å². The van der Waals surface area contributed by atoms with E-state index < -0.39 is 0 Å². The van der Waals surface area contributed by atoms with Crippen molar-refractivity contribution in [2.24, 2.45) is 0 Å². The molecule has 7 heteroatoms. The predicted octanol–water partition coefficient (Wildman–Crippen LogP) is 7.03. The smallest absolute Gasteiger partial charge is 0.227 e. The first kappa shape index (κ1) is 25.9. The quantitative estimate of drug-likeness (QED) is 0.254. The van der Waals surface area contributed by atoms with Crippen molar-refractivity contribution in [1.82, 2.24) is 19.9 Å². The maximum Gasteiger partial charge on any atom is 0.227 e. The van der Waals surface area contributed by atoms with Crippen molar-refractivity contribution < 1.29 is 4.79 Å². The minimum absolute atomic E-state index is 0.143. The summed E-state index contributed by atoms with van der Waals surface area (Å²) in [5.74, 6) is 0.143. The molecule has 39 heavy (non-hydrogen) atoms. The van der Waals surface area contributed by atoms with Crippen LogP contribution in [0.15, 0.2) is 77.2 Å². The van der Waals surface area contributed by atoms with Crippen LogP contribution in [0.25, 0.3) is 17.0 Å². The average Bonchev–Trinajstić information content (AvgIpc) is 3.09. The van der Waals surface area contributed by atoms with Crippen LogP contribution in [0.3, 0.4) is 0 Å². The maximum atomic E-state index is 13.3. The number of amides is 1. The standard InChI is InChI=1S/C32H28BrClN4O/c1-20-6-10-35-28(14-20)29-15-21(7-11-36-29)16-30(39)38-12-8-22(9-13-38)31-27-5-4-26(34)18-23(27)2-3-24-17-25(33)19-37-32(24)31/h4-7,10-11,14-15,17-19H,2-3,8-9,12-13,16H2,1H3. The third-order valence-electron chi connectivity index (χ3n) is 7.60. The van der Waals surface area contributed by atoms with Crippen LogP contribution < -0.4 is 0 Å². The van der Waals surface area contributed by atoms with Crippen LogP contribution in [0, 0.1) is 6.92 Å². The van der Waals surface area contributed by atoms with E-state index in [1.54, 1.807) is 12.4 Å². The molecule has 0 unspecified atom stereocenters. The number of hydrogen-bond acceptors (Lipinski definition) is 4. The van der Waals surface area contributed by atoms with Crippen molar-refractivity contribution in [1.29, 1.82) is 0 Å². The molecule has 3 aromatic heterocycles. The topological polar surface area (TPSA) is 59.0 Å². The van der Waals surface area contributed by atoms with Crippen molar-refractivity contribution >= 4 is 39.0 Å². The number of rotatable bonds is 3. The molecule has 4 aromatic rings. The highest BCUT2D eigenvalue weighted by atomic mass is 79.9. The van der Waals surface area contributed by atoms with Gasteiger partial charge >= 0.3 is 0 Å². The van der Waals surface area contributed by atoms with E-state index in [0.29, 0.717) is 19.5 Å². The monoisotopic (exact) mass is 598 g/mol. The van der Waals surface area contributed by atoms with Gasteiger partial charge in [0.1, 0.15) is 0 Å². The lowest BCUT2D eigenvalue weighted by Crippen LogP contribution is -2.37. The highest BCUT2D eigenvalue weighted by molar-refractivity contribution is 9.10. The number of carbonyl (C=O) groups excluding carboxylic acids is 1. The molecule has 6 rings (SSSR count). The Morgan fingerprint density at radius 2 is 1.64 bits per heavy atom. The van der Waals surface area contributed by atoms with Crippen LogP contribution in [-0.4, -0.2) is 38.8 Å². The lowest BCUT2D eigenvalue weighted by Gasteiger charge is -2.30. The number of aromatic nitrogens is 3. The van der Waals surface area contributed by atoms with Crippen molar-refractivity contribution in [3.05, 3.63) is 116 Å². The van der Waals surface area contributed by atoms with Gasteiger partial charge in [0.15, 0.2) is 0 Å². The Kier molecular flexibility index (Phi) is 7.32. The number of pyridine rings is 3. The zero-order chi connectivity index (χ0) is 26.9. The highest BCUT2D eigenvalue weighted by Crippen LogP contribution is 2.39. The molecule has 4 heterocycles. The zero-order valence-electron chi connectivity index (χ0n) is 21.8. The van der Waals surface area contributed by atoms with Gasteiger partial charge in [-0.3, -0.25) is 19.7 Å². The fourth-order valence-electron chi connectivity index (χ4n) is 5.63. The summed E-state index contributed by atoms with van der Waals surface area (Å²) >= 11 is 9.98. The van der Waals surface area contributed by atoms with E-state index in [0.717, 1.165) is 63.4 Å². The van der Waals surface area contributed by atoms with Gasteiger partial charge in [-0.25, -0.2) is 0 Å². The van der Waals surface area contributed by atoms with Crippen molar-refractivity contribution in [3.8, 4) is 11.4 Å². The summed E-state index contributed by atoms with van der Waals surface area (Å²) in [6.07, 6.45) is 9.29. The molecule has 1 amide bonds. The van der Waals surface area contributed by atoms with E-state index in [-0.39, 0.29) is 5.91 Å². The molecule has 1 aromatic carbocycles. The summed E-state index contributed by atoms with van der Waals surface area (Å²) in [6, 6.07) is 16.3. The largest absolute Gasteiger partial charge is 0.342 e. The third-order valence-corrected chi connectivity index (χ3v) is 8.27. The summed E-state index contributed by atoms with van der Waals surface area (Å²) < 4.78 is 0.993. The number of likely N-dealkylation sites (tertiary alicyclic amines) is 1. The first-order valence-corrected chi connectivity index (χ1v) is 14.4. The second kappa shape index (κ2) is 11.0. The number of carbonyl (C=O) groups is 1. The van der Waals surface area contributed by atoms with Crippen LogP contribution >= 0.6 is 27.5 Å². The van der Waals surface area contributed by atoms with Gasteiger partial charge in [-0.1, -0.05) is 23.2 Å². The Labute approximate surface area is 242 Å². The molecule has 1 aliphatic heterocycles. The van der Waals surface area contributed by atoms with Crippen LogP contribution in [-0.2, 0) is 24.1 Å². The van der Waals surface area contributed by atoms with Gasteiger partial charge in [-0.2, -0.15) is 0 Å². The molecule has 1 fully saturated rings. The van der Waals surface area contributed by atoms with Gasteiger partial charge in [0, 0.05) is 46.7 Å². The van der Waals surface area contributed by atoms with Crippen molar-refractivity contribution in [3.63, 3.8) is 0 Å². The Bertz CT molecular complexity index is 1550. The van der Waals surface area contributed by atoms with Gasteiger partial charge in [0.2, 0.25) is 5.91 Å². The van der Waals surface area contributed by atoms with Crippen molar-refractivity contribution in [2.75, 3.05) is 13.1 Å². The van der Waals surface area contributed by atoms with E-state index in [1.165, 1.54) is 27.8 Å². The Hall–Kier alpha value is -3.35. The predicted molar refractivity (Wildman–Crippen MR) is 159 cm³/mol. The van der Waals surface area contributed by atoms with Gasteiger partial charge in [0.25, 0.3) is 0 Å². The summed E-state index contributed by atoms with van der Waals surface area (Å²) in [5.41, 5.74) is 11.1. The lowest BCUT2D eigenvalue weighted by atomic mass is 9.88. The van der Waals surface area contributed by atoms with E-state index in [2.05, 4.69) is 44.1 Å². The van der Waals surface area contributed by atoms with Crippen LogP contribution in [0.2, 0.25) is 5.02 Å². The number of aryl methyl sites for hydroxylation is 3. The first-order valence-electron chi connectivity index (χ1n) is 13.3. The van der Waals surface area contributed by atoms with Gasteiger partial charge in [-0.05, 0) is 119 Å². The molecule has 1 saturated heterocycles. The van der Waals surface area contributed by atoms with E-state index in [1.807, 2.05) is 48.4 Å². The summed E-state index contributed by atoms with van der Waals surface area (Å²) in [4.78, 5) is 29.1. The van der Waals surface area contributed by atoms with Gasteiger partial charge in [-0.15, -0.1) is 0 Å². The fraction of sp³-hybridized carbons (Fsp3) is 0.250. The molecule has 5 nitrogen and oxygen atoms in total. The molecule has 196 valence electrons. The number of hydrogen-bond donors (Lipinski definition) is 0. The van der Waals surface area contributed by atoms with Crippen LogP contribution in [0.4, 0.5) is 0 Å². The van der Waals surface area contributed by atoms with Crippen molar-refractivity contribution in [2.45, 2.75) is 39.0 Å². The minimum atomic E-state index is 0.143. The summed E-state index contributed by atoms with van der Waals surface area (Å²) in [7, 11) is 0. The van der Waals surface area contributed by atoms with Gasteiger partial charge in [0.05, 0.1) is 23.5 Å². The van der Waals surface area contributed by atoms with E-state index in [9.17, 15) is 4.79 Å². The number of fused-ring (bicyclic) bond motifs is 2. The molecule has 2 aliphatic rings. The second-order valence-electron chi connectivity index (χ2n) is 10.3. The number of halogens is 2. The second-order valence-corrected chi connectivity index (χ2v) is 11.6. The van der Waals surface area contributed by atoms with E-state index in [4.69, 9.17) is 16.6 Å². The summed E-state index contributed by atoms with van der Waals surface area (Å²) in [5, 5.41) is 0.760. The lowest BCUT2D eigenvalue weighted by molar-refractivity contribution is -0.130. The molecular weight excluding hydrogens is 572 g/mol. The highest BCUT2D eigenvalue weighted by Gasteiger charge is 2.27. The maximum absolute atomic E-state index is 13.3. The van der Waals surface area contributed by atoms with Gasteiger partial charge < -0.3 is 4.90 Å². The first-order chi connectivity index (χ1) is 18.9. The third kappa shape index (κ3) is 5.54. The Balaban J connectivity index is 1.23. The molecule has 0 bridgehead atoms. The molecule has 0 saturated carbocycles. The average molecular weight is 600 g/mol. The molecule has 0 spiro atoms. The van der Waals surface area contributed by atoms with E-state index >= 15 is 0 Å². The van der Waals surface area contributed by atoms with Crippen LogP contribution in [0.1, 0.15) is 46.4 Å². The molecule has 0 N–H and O–H groups in total. The molecule has 1 aliphatic carbocycles. The number of benzene rings is 1. The Morgan fingerprint density at radius 3 is 2.44 bits per heavy atom.